The smallest absolute Gasteiger partial charge is 0.268 e. The summed E-state index contributed by atoms with van der Waals surface area (Å²) >= 11 is 0. The maximum Gasteiger partial charge on any atom is 0.268 e. The molecule has 106 valence electrons. The number of amides is 1. The predicted octanol–water partition coefficient (Wildman–Crippen LogP) is 2.36. The van der Waals surface area contributed by atoms with Crippen LogP contribution in [0.15, 0.2) is 34.7 Å². The van der Waals surface area contributed by atoms with Crippen molar-refractivity contribution in [3.8, 4) is 0 Å². The van der Waals surface area contributed by atoms with Crippen LogP contribution in [0.1, 0.15) is 41.0 Å². The van der Waals surface area contributed by atoms with Crippen molar-refractivity contribution in [3.05, 3.63) is 47.8 Å². The molecule has 4 rings (SSSR count). The van der Waals surface area contributed by atoms with Crippen LogP contribution in [-0.2, 0) is 6.54 Å². The summed E-state index contributed by atoms with van der Waals surface area (Å²) < 4.78 is 5.51. The molecule has 0 aliphatic heterocycles. The van der Waals surface area contributed by atoms with Gasteiger partial charge in [0.2, 0.25) is 11.8 Å². The summed E-state index contributed by atoms with van der Waals surface area (Å²) in [5.41, 5.74) is 1.47. The molecule has 21 heavy (non-hydrogen) atoms. The number of fused-ring (bicyclic) bond motifs is 1. The standard InChI is InChI=1S/C15H14N4O2/c20-14(12-7-10-3-1-2-4-11(10)17-12)16-8-13-18-19-15(21-13)9-5-6-9/h1-4,7,9,17H,5-6,8H2,(H,16,20). The lowest BCUT2D eigenvalue weighted by Gasteiger charge is -1.99. The Morgan fingerprint density at radius 1 is 1.33 bits per heavy atom. The van der Waals surface area contributed by atoms with Crippen molar-refractivity contribution in [2.45, 2.75) is 25.3 Å². The van der Waals surface area contributed by atoms with E-state index in [-0.39, 0.29) is 12.5 Å². The van der Waals surface area contributed by atoms with Crippen molar-refractivity contribution in [1.82, 2.24) is 20.5 Å². The number of nitrogens with zero attached hydrogens (tertiary/aromatic N) is 2. The fraction of sp³-hybridized carbons (Fsp3) is 0.267. The first kappa shape index (κ1) is 12.1. The average Bonchev–Trinajstić information content (AvgIpc) is 3.09. The number of hydrogen-bond acceptors (Lipinski definition) is 4. The lowest BCUT2D eigenvalue weighted by atomic mass is 10.2. The third kappa shape index (κ3) is 2.40. The van der Waals surface area contributed by atoms with E-state index < -0.39 is 0 Å². The zero-order valence-corrected chi connectivity index (χ0v) is 11.3. The van der Waals surface area contributed by atoms with Crippen molar-refractivity contribution < 1.29 is 9.21 Å². The minimum Gasteiger partial charge on any atom is -0.423 e. The molecule has 0 unspecified atom stereocenters. The largest absolute Gasteiger partial charge is 0.423 e. The topological polar surface area (TPSA) is 83.8 Å². The Morgan fingerprint density at radius 2 is 2.19 bits per heavy atom. The number of nitrogens with one attached hydrogen (secondary N) is 2. The molecule has 1 aromatic carbocycles. The van der Waals surface area contributed by atoms with Crippen LogP contribution < -0.4 is 5.32 Å². The number of carbonyl (C=O) groups excluding carboxylic acids is 1. The SMILES string of the molecule is O=C(NCc1nnc(C2CC2)o1)c1cc2ccccc2[nH]1. The Balaban J connectivity index is 1.44. The Kier molecular flexibility index (Phi) is 2.73. The molecule has 2 N–H and O–H groups in total. The molecule has 1 fully saturated rings. The number of aromatic amines is 1. The number of para-hydroxylation sites is 1. The van der Waals surface area contributed by atoms with Gasteiger partial charge in [-0.05, 0) is 25.0 Å². The molecule has 3 aromatic rings. The third-order valence-electron chi connectivity index (χ3n) is 3.58. The van der Waals surface area contributed by atoms with Crippen LogP contribution in [0.4, 0.5) is 0 Å². The van der Waals surface area contributed by atoms with E-state index in [1.54, 1.807) is 0 Å². The summed E-state index contributed by atoms with van der Waals surface area (Å²) in [6.07, 6.45) is 2.23. The van der Waals surface area contributed by atoms with Gasteiger partial charge in [-0.15, -0.1) is 10.2 Å². The second kappa shape index (κ2) is 4.73. The first-order chi connectivity index (χ1) is 10.3. The summed E-state index contributed by atoms with van der Waals surface area (Å²) in [5.74, 6) is 1.37. The van der Waals surface area contributed by atoms with Crippen LogP contribution in [-0.4, -0.2) is 21.1 Å². The van der Waals surface area contributed by atoms with Gasteiger partial charge in [-0.25, -0.2) is 0 Å². The highest BCUT2D eigenvalue weighted by molar-refractivity contribution is 5.97. The number of carbonyl (C=O) groups is 1. The molecular formula is C15H14N4O2. The minimum absolute atomic E-state index is 0.183. The lowest BCUT2D eigenvalue weighted by Crippen LogP contribution is -2.23. The summed E-state index contributed by atoms with van der Waals surface area (Å²) in [5, 5.41) is 11.7. The van der Waals surface area contributed by atoms with Gasteiger partial charge in [-0.1, -0.05) is 18.2 Å². The van der Waals surface area contributed by atoms with E-state index in [0.717, 1.165) is 23.7 Å². The average molecular weight is 282 g/mol. The molecule has 2 aromatic heterocycles. The Labute approximate surface area is 120 Å². The van der Waals surface area contributed by atoms with Gasteiger partial charge in [0.1, 0.15) is 5.69 Å². The van der Waals surface area contributed by atoms with Crippen molar-refractivity contribution in [1.29, 1.82) is 0 Å². The molecule has 2 heterocycles. The van der Waals surface area contributed by atoms with E-state index in [1.165, 1.54) is 0 Å². The molecule has 6 heteroatoms. The summed E-state index contributed by atoms with van der Waals surface area (Å²) in [7, 11) is 0. The Morgan fingerprint density at radius 3 is 3.00 bits per heavy atom. The molecule has 6 nitrogen and oxygen atoms in total. The van der Waals surface area contributed by atoms with Crippen LogP contribution in [0.5, 0.6) is 0 Å². The number of H-pyrrole nitrogens is 1. The quantitative estimate of drug-likeness (QED) is 0.769. The van der Waals surface area contributed by atoms with Crippen molar-refractivity contribution >= 4 is 16.8 Å². The van der Waals surface area contributed by atoms with Crippen LogP contribution in [0, 0.1) is 0 Å². The molecule has 0 saturated heterocycles. The highest BCUT2D eigenvalue weighted by Crippen LogP contribution is 2.38. The van der Waals surface area contributed by atoms with E-state index in [2.05, 4.69) is 20.5 Å². The highest BCUT2D eigenvalue weighted by Gasteiger charge is 2.29. The van der Waals surface area contributed by atoms with Gasteiger partial charge in [-0.2, -0.15) is 0 Å². The van der Waals surface area contributed by atoms with E-state index >= 15 is 0 Å². The normalized spacial score (nSPS) is 14.5. The molecule has 1 amide bonds. The monoisotopic (exact) mass is 282 g/mol. The number of hydrogen-bond donors (Lipinski definition) is 2. The van der Waals surface area contributed by atoms with E-state index in [1.807, 2.05) is 30.3 Å². The first-order valence-electron chi connectivity index (χ1n) is 6.98. The first-order valence-corrected chi connectivity index (χ1v) is 6.98. The second-order valence-electron chi connectivity index (χ2n) is 5.26. The minimum atomic E-state index is -0.183. The Hall–Kier alpha value is -2.63. The second-order valence-corrected chi connectivity index (χ2v) is 5.26. The highest BCUT2D eigenvalue weighted by atomic mass is 16.4. The number of benzene rings is 1. The molecule has 0 spiro atoms. The molecule has 1 aliphatic carbocycles. The zero-order valence-electron chi connectivity index (χ0n) is 11.3. The van der Waals surface area contributed by atoms with Gasteiger partial charge >= 0.3 is 0 Å². The van der Waals surface area contributed by atoms with Gasteiger partial charge in [0.15, 0.2) is 0 Å². The molecule has 0 bridgehead atoms. The van der Waals surface area contributed by atoms with Crippen LogP contribution in [0.3, 0.4) is 0 Å². The summed E-state index contributed by atoms with van der Waals surface area (Å²) in [4.78, 5) is 15.2. The fourth-order valence-electron chi connectivity index (χ4n) is 2.28. The zero-order chi connectivity index (χ0) is 14.2. The van der Waals surface area contributed by atoms with Crippen LogP contribution >= 0.6 is 0 Å². The van der Waals surface area contributed by atoms with E-state index in [9.17, 15) is 4.79 Å². The van der Waals surface area contributed by atoms with Crippen LogP contribution in [0.25, 0.3) is 10.9 Å². The Bertz CT molecular complexity index is 768. The van der Waals surface area contributed by atoms with Gasteiger partial charge in [0.05, 0.1) is 6.54 Å². The lowest BCUT2D eigenvalue weighted by molar-refractivity contribution is 0.0943. The molecule has 1 aliphatic rings. The molecule has 0 atom stereocenters. The van der Waals surface area contributed by atoms with E-state index in [4.69, 9.17) is 4.42 Å². The van der Waals surface area contributed by atoms with Gasteiger partial charge in [0.25, 0.3) is 5.91 Å². The maximum absolute atomic E-state index is 12.1. The summed E-state index contributed by atoms with van der Waals surface area (Å²) in [6.45, 7) is 0.244. The fourth-order valence-corrected chi connectivity index (χ4v) is 2.28. The van der Waals surface area contributed by atoms with Crippen molar-refractivity contribution in [2.24, 2.45) is 0 Å². The third-order valence-corrected chi connectivity index (χ3v) is 3.58. The van der Waals surface area contributed by atoms with Gasteiger partial charge < -0.3 is 14.7 Å². The maximum atomic E-state index is 12.1. The molecule has 1 saturated carbocycles. The van der Waals surface area contributed by atoms with Crippen molar-refractivity contribution in [2.75, 3.05) is 0 Å². The molecular weight excluding hydrogens is 268 g/mol. The number of rotatable bonds is 4. The van der Waals surface area contributed by atoms with Gasteiger partial charge in [0, 0.05) is 16.8 Å². The van der Waals surface area contributed by atoms with E-state index in [0.29, 0.717) is 23.4 Å². The van der Waals surface area contributed by atoms with Gasteiger partial charge in [-0.3, -0.25) is 4.79 Å². The van der Waals surface area contributed by atoms with Crippen molar-refractivity contribution in [3.63, 3.8) is 0 Å². The summed E-state index contributed by atoms with van der Waals surface area (Å²) in [6, 6.07) is 9.59. The van der Waals surface area contributed by atoms with Crippen LogP contribution in [0.2, 0.25) is 0 Å². The molecule has 0 radical (unpaired) electrons. The number of aromatic nitrogens is 3. The predicted molar refractivity (Wildman–Crippen MR) is 75.7 cm³/mol.